The van der Waals surface area contributed by atoms with Crippen molar-refractivity contribution >= 4 is 23.3 Å². The predicted octanol–water partition coefficient (Wildman–Crippen LogP) is 0.0112. The molecule has 0 spiro atoms. The Morgan fingerprint density at radius 3 is 3.08 bits per heavy atom. The third kappa shape index (κ3) is 2.46. The molecule has 0 aromatic rings. The third-order valence-electron chi connectivity index (χ3n) is 1.53. The molecule has 1 heterocycles. The highest BCUT2D eigenvalue weighted by Gasteiger charge is 2.32. The summed E-state index contributed by atoms with van der Waals surface area (Å²) in [5, 5.41) is 11.2. The summed E-state index contributed by atoms with van der Waals surface area (Å²) in [7, 11) is 0. The van der Waals surface area contributed by atoms with Crippen molar-refractivity contribution < 1.29 is 10.0 Å². The van der Waals surface area contributed by atoms with E-state index in [1.54, 1.807) is 6.92 Å². The van der Waals surface area contributed by atoms with E-state index in [1.807, 2.05) is 0 Å². The Bertz CT molecular complexity index is 255. The van der Waals surface area contributed by atoms with Crippen LogP contribution in [0.2, 0.25) is 0 Å². The molecule has 7 heteroatoms. The Labute approximate surface area is 80.4 Å². The van der Waals surface area contributed by atoms with Gasteiger partial charge in [0.15, 0.2) is 5.66 Å². The van der Waals surface area contributed by atoms with Crippen LogP contribution in [0.25, 0.3) is 0 Å². The number of amidine groups is 1. The first-order chi connectivity index (χ1) is 6.09. The van der Waals surface area contributed by atoms with Crippen molar-refractivity contribution in [2.24, 2.45) is 15.9 Å². The first-order valence-corrected chi connectivity index (χ1v) is 4.18. The van der Waals surface area contributed by atoms with Crippen molar-refractivity contribution in [2.75, 3.05) is 5.88 Å². The Morgan fingerprint density at radius 2 is 2.62 bits per heavy atom. The zero-order valence-electron chi connectivity index (χ0n) is 7.12. The maximum Gasteiger partial charge on any atom is 0.226 e. The van der Waals surface area contributed by atoms with Crippen LogP contribution in [0.5, 0.6) is 0 Å². The molecule has 0 fully saturated rings. The lowest BCUT2D eigenvalue weighted by atomic mass is 10.1. The summed E-state index contributed by atoms with van der Waals surface area (Å²) in [6.07, 6.45) is 0.254. The second-order valence-electron chi connectivity index (χ2n) is 2.89. The summed E-state index contributed by atoms with van der Waals surface area (Å²) >= 11 is 5.50. The Balaban J connectivity index is 2.64. The van der Waals surface area contributed by atoms with Gasteiger partial charge >= 0.3 is 0 Å². The Morgan fingerprint density at radius 1 is 1.92 bits per heavy atom. The van der Waals surface area contributed by atoms with Gasteiger partial charge in [-0.3, -0.25) is 0 Å². The van der Waals surface area contributed by atoms with Crippen molar-refractivity contribution in [2.45, 2.75) is 19.0 Å². The van der Waals surface area contributed by atoms with Crippen molar-refractivity contribution in [3.63, 3.8) is 0 Å². The zero-order valence-corrected chi connectivity index (χ0v) is 7.88. The van der Waals surface area contributed by atoms with Gasteiger partial charge in [-0.15, -0.1) is 17.1 Å². The molecular formula is C6H11ClN4O2. The highest BCUT2D eigenvalue weighted by molar-refractivity contribution is 6.27. The zero-order chi connectivity index (χ0) is 9.90. The second kappa shape index (κ2) is 3.80. The molecule has 0 saturated heterocycles. The van der Waals surface area contributed by atoms with Crippen LogP contribution in [-0.2, 0) is 4.84 Å². The number of hydrogen-bond acceptors (Lipinski definition) is 5. The van der Waals surface area contributed by atoms with Gasteiger partial charge in [-0.05, 0) is 6.92 Å². The molecule has 6 nitrogen and oxygen atoms in total. The van der Waals surface area contributed by atoms with Crippen molar-refractivity contribution in [1.82, 2.24) is 5.48 Å². The fourth-order valence-electron chi connectivity index (χ4n) is 1.01. The average Bonchev–Trinajstić information content (AvgIpc) is 2.47. The van der Waals surface area contributed by atoms with Crippen molar-refractivity contribution in [3.8, 4) is 0 Å². The summed E-state index contributed by atoms with van der Waals surface area (Å²) in [6.45, 7) is 1.75. The maximum atomic E-state index is 8.35. The summed E-state index contributed by atoms with van der Waals surface area (Å²) in [5.41, 5.74) is 7.27. The fourth-order valence-corrected chi connectivity index (χ4v) is 1.12. The largest absolute Gasteiger partial charge is 0.409 e. The number of rotatable bonds is 3. The van der Waals surface area contributed by atoms with Gasteiger partial charge in [-0.2, -0.15) is 0 Å². The van der Waals surface area contributed by atoms with Gasteiger partial charge in [0.1, 0.15) is 11.7 Å². The molecule has 0 amide bonds. The quantitative estimate of drug-likeness (QED) is 0.199. The first-order valence-electron chi connectivity index (χ1n) is 3.65. The number of nitrogens with one attached hydrogen (secondary N) is 1. The Kier molecular flexibility index (Phi) is 2.94. The molecule has 1 rings (SSSR count). The predicted molar refractivity (Wildman–Crippen MR) is 48.8 cm³/mol. The maximum absolute atomic E-state index is 8.35. The van der Waals surface area contributed by atoms with Gasteiger partial charge in [0.2, 0.25) is 5.90 Å². The monoisotopic (exact) mass is 206 g/mol. The van der Waals surface area contributed by atoms with Crippen LogP contribution in [-0.4, -0.2) is 28.5 Å². The number of aliphatic imine (C=N–C) groups is 1. The molecule has 1 aliphatic rings. The lowest BCUT2D eigenvalue weighted by molar-refractivity contribution is 0.131. The van der Waals surface area contributed by atoms with E-state index in [1.165, 1.54) is 0 Å². The molecule has 0 radical (unpaired) electrons. The van der Waals surface area contributed by atoms with Crippen molar-refractivity contribution in [3.05, 3.63) is 0 Å². The topological polar surface area (TPSA) is 92.2 Å². The van der Waals surface area contributed by atoms with E-state index in [0.29, 0.717) is 5.90 Å². The number of nitrogens with two attached hydrogens (primary N) is 1. The highest BCUT2D eigenvalue weighted by Crippen LogP contribution is 2.17. The minimum absolute atomic E-state index is 0.0816. The number of nitrogens with zero attached hydrogens (tertiary/aromatic N) is 2. The van der Waals surface area contributed by atoms with Crippen molar-refractivity contribution in [1.29, 1.82) is 0 Å². The average molecular weight is 207 g/mol. The molecule has 0 saturated carbocycles. The highest BCUT2D eigenvalue weighted by atomic mass is 35.5. The molecule has 0 aromatic heterocycles. The molecule has 1 unspecified atom stereocenters. The van der Waals surface area contributed by atoms with Crippen LogP contribution in [0.3, 0.4) is 0 Å². The summed E-state index contributed by atoms with van der Waals surface area (Å²) in [4.78, 5) is 9.04. The Hall–Kier alpha value is -1.01. The van der Waals surface area contributed by atoms with Gasteiger partial charge in [-0.25, -0.2) is 4.99 Å². The molecule has 1 aliphatic heterocycles. The van der Waals surface area contributed by atoms with Gasteiger partial charge in [0.25, 0.3) is 0 Å². The fraction of sp³-hybridized carbons (Fsp3) is 0.667. The lowest BCUT2D eigenvalue weighted by Gasteiger charge is -2.17. The van der Waals surface area contributed by atoms with Crippen LogP contribution in [0.1, 0.15) is 13.3 Å². The molecule has 4 N–H and O–H groups in total. The number of hydroxylamine groups is 1. The van der Waals surface area contributed by atoms with Gasteiger partial charge in [0.05, 0.1) is 0 Å². The van der Waals surface area contributed by atoms with E-state index in [-0.39, 0.29) is 18.1 Å². The number of alkyl halides is 1. The van der Waals surface area contributed by atoms with Crippen LogP contribution in [0, 0.1) is 0 Å². The molecule has 0 aliphatic carbocycles. The van der Waals surface area contributed by atoms with E-state index in [2.05, 4.69) is 15.6 Å². The molecule has 0 aromatic carbocycles. The standard InChI is InChI=1S/C6H11ClN4O2/c1-6(2-4(8)10-12)9-5(3-7)13-11-6/h11-12H,2-3H2,1H3,(H2,8,10). The second-order valence-corrected chi connectivity index (χ2v) is 3.15. The molecular weight excluding hydrogens is 196 g/mol. The van der Waals surface area contributed by atoms with E-state index in [9.17, 15) is 0 Å². The molecule has 74 valence electrons. The van der Waals surface area contributed by atoms with Crippen LogP contribution < -0.4 is 11.2 Å². The third-order valence-corrected chi connectivity index (χ3v) is 1.76. The number of halogens is 1. The summed E-state index contributed by atoms with van der Waals surface area (Å²) < 4.78 is 0. The number of oxime groups is 1. The smallest absolute Gasteiger partial charge is 0.226 e. The summed E-state index contributed by atoms with van der Waals surface area (Å²) in [6, 6.07) is 0. The van der Waals surface area contributed by atoms with Gasteiger partial charge in [0, 0.05) is 6.42 Å². The van der Waals surface area contributed by atoms with Crippen LogP contribution in [0.15, 0.2) is 10.1 Å². The minimum atomic E-state index is -0.694. The first kappa shape index (κ1) is 10.1. The van der Waals surface area contributed by atoms with Gasteiger partial charge in [-0.1, -0.05) is 5.16 Å². The minimum Gasteiger partial charge on any atom is -0.409 e. The van der Waals surface area contributed by atoms with E-state index < -0.39 is 5.66 Å². The van der Waals surface area contributed by atoms with E-state index >= 15 is 0 Å². The van der Waals surface area contributed by atoms with Gasteiger partial charge < -0.3 is 15.8 Å². The van der Waals surface area contributed by atoms with E-state index in [0.717, 1.165) is 0 Å². The molecule has 1 atom stereocenters. The SMILES string of the molecule is CC1(CC(N)=NO)N=C(CCl)ON1. The normalized spacial score (nSPS) is 28.5. The molecule has 13 heavy (non-hydrogen) atoms. The molecule has 0 bridgehead atoms. The number of hydrogen-bond donors (Lipinski definition) is 3. The van der Waals surface area contributed by atoms with Crippen LogP contribution in [0.4, 0.5) is 0 Å². The van der Waals surface area contributed by atoms with E-state index in [4.69, 9.17) is 27.4 Å². The van der Waals surface area contributed by atoms with Crippen LogP contribution >= 0.6 is 11.6 Å². The lowest BCUT2D eigenvalue weighted by Crippen LogP contribution is -2.39. The summed E-state index contributed by atoms with van der Waals surface area (Å²) in [5.74, 6) is 0.673.